The summed E-state index contributed by atoms with van der Waals surface area (Å²) in [5.41, 5.74) is 6.84. The Morgan fingerprint density at radius 2 is 0.917 bits per heavy atom. The van der Waals surface area contributed by atoms with E-state index in [-0.39, 0.29) is 0 Å². The van der Waals surface area contributed by atoms with Gasteiger partial charge < -0.3 is 4.42 Å². The first-order valence-electron chi connectivity index (χ1n) is 16.4. The number of furan rings is 1. The van der Waals surface area contributed by atoms with E-state index in [4.69, 9.17) is 4.42 Å². The molecular weight excluding hydrogens is 601 g/mol. The molecule has 0 fully saturated rings. The summed E-state index contributed by atoms with van der Waals surface area (Å²) in [6, 6.07) is 57.7. The molecule has 1 nitrogen and oxygen atoms in total. The van der Waals surface area contributed by atoms with Gasteiger partial charge in [0.1, 0.15) is 11.2 Å². The Balaban J connectivity index is 1.22. The highest BCUT2D eigenvalue weighted by Gasteiger charge is 2.20. The third kappa shape index (κ3) is 3.61. The fourth-order valence-corrected chi connectivity index (χ4v) is 9.39. The minimum atomic E-state index is 0.921. The van der Waals surface area contributed by atoms with E-state index in [2.05, 4.69) is 158 Å². The first-order valence-corrected chi connectivity index (χ1v) is 17.2. The van der Waals surface area contributed by atoms with Gasteiger partial charge in [0.2, 0.25) is 0 Å². The molecule has 0 saturated carbocycles. The Kier molecular flexibility index (Phi) is 5.32. The van der Waals surface area contributed by atoms with Gasteiger partial charge in [-0.05, 0) is 102 Å². The van der Waals surface area contributed by atoms with E-state index >= 15 is 0 Å². The number of benzene rings is 9. The van der Waals surface area contributed by atoms with Gasteiger partial charge in [0.05, 0.1) is 0 Å². The number of hydrogen-bond acceptors (Lipinski definition) is 2. The van der Waals surface area contributed by atoms with E-state index in [1.54, 1.807) is 0 Å². The average molecular weight is 627 g/mol. The summed E-state index contributed by atoms with van der Waals surface area (Å²) in [5.74, 6) is 0. The van der Waals surface area contributed by atoms with Crippen molar-refractivity contribution in [1.82, 2.24) is 0 Å². The van der Waals surface area contributed by atoms with Gasteiger partial charge in [-0.3, -0.25) is 0 Å². The topological polar surface area (TPSA) is 13.1 Å². The second-order valence-electron chi connectivity index (χ2n) is 12.8. The molecule has 0 aliphatic rings. The van der Waals surface area contributed by atoms with Crippen molar-refractivity contribution in [2.75, 3.05) is 0 Å². The van der Waals surface area contributed by atoms with Gasteiger partial charge in [0.25, 0.3) is 0 Å². The van der Waals surface area contributed by atoms with Crippen LogP contribution >= 0.6 is 11.3 Å². The summed E-state index contributed by atoms with van der Waals surface area (Å²) in [6.45, 7) is 0. The quantitative estimate of drug-likeness (QED) is 0.174. The molecule has 0 unspecified atom stereocenters. The molecule has 0 spiro atoms. The molecular formula is C46H26OS. The fourth-order valence-electron chi connectivity index (χ4n) is 8.12. The molecule has 48 heavy (non-hydrogen) atoms. The highest BCUT2D eigenvalue weighted by atomic mass is 32.1. The van der Waals surface area contributed by atoms with E-state index in [9.17, 15) is 0 Å². The van der Waals surface area contributed by atoms with Crippen LogP contribution in [0.15, 0.2) is 162 Å². The molecule has 0 aliphatic heterocycles. The summed E-state index contributed by atoms with van der Waals surface area (Å²) in [7, 11) is 0. The summed E-state index contributed by atoms with van der Waals surface area (Å²) in [6.07, 6.45) is 0. The molecule has 0 amide bonds. The Labute approximate surface area is 279 Å². The lowest BCUT2D eigenvalue weighted by atomic mass is 9.85. The SMILES string of the molecule is c1ccc2cc(-c3c4ccccc4c(-c4ccc5oc6ccc7c(sc8ccc9ccccc9c87)c6c5c4)c4ccccc34)ccc2c1. The predicted molar refractivity (Wildman–Crippen MR) is 208 cm³/mol. The van der Waals surface area contributed by atoms with Gasteiger partial charge in [-0.15, -0.1) is 11.3 Å². The molecule has 2 aromatic heterocycles. The largest absolute Gasteiger partial charge is 0.456 e. The van der Waals surface area contributed by atoms with Gasteiger partial charge in [0, 0.05) is 30.9 Å². The normalized spacial score (nSPS) is 12.2. The zero-order valence-electron chi connectivity index (χ0n) is 25.8. The van der Waals surface area contributed by atoms with E-state index in [0.717, 1.165) is 16.6 Å². The lowest BCUT2D eigenvalue weighted by Crippen LogP contribution is -1.91. The standard InChI is InChI=1S/C46H26OS/c1-2-11-29-25-30(18-17-27(29)9-1)42-33-13-5-7-15-35(33)43(36-16-8-6-14-34(36)42)31-19-22-39-38(26-31)45-40(47-39)23-21-37-44-32-12-4-3-10-28(32)20-24-41(44)48-46(37)45/h1-26H. The number of fused-ring (bicyclic) bond motifs is 12. The summed E-state index contributed by atoms with van der Waals surface area (Å²) < 4.78 is 9.12. The van der Waals surface area contributed by atoms with Crippen LogP contribution in [0.5, 0.6) is 0 Å². The van der Waals surface area contributed by atoms with Crippen LogP contribution in [-0.2, 0) is 0 Å². The first-order chi connectivity index (χ1) is 23.8. The van der Waals surface area contributed by atoms with Crippen LogP contribution in [0, 0.1) is 0 Å². The van der Waals surface area contributed by atoms with Crippen LogP contribution in [0.25, 0.3) is 107 Å². The van der Waals surface area contributed by atoms with E-state index in [1.165, 1.54) is 90.9 Å². The second-order valence-corrected chi connectivity index (χ2v) is 13.8. The molecule has 0 atom stereocenters. The van der Waals surface area contributed by atoms with Crippen LogP contribution in [0.3, 0.4) is 0 Å². The van der Waals surface area contributed by atoms with Crippen LogP contribution in [-0.4, -0.2) is 0 Å². The molecule has 2 heterocycles. The zero-order valence-corrected chi connectivity index (χ0v) is 26.6. The lowest BCUT2D eigenvalue weighted by molar-refractivity contribution is 0.669. The molecule has 0 N–H and O–H groups in total. The number of rotatable bonds is 2. The minimum Gasteiger partial charge on any atom is -0.456 e. The molecule has 2 heteroatoms. The van der Waals surface area contributed by atoms with E-state index in [0.29, 0.717) is 0 Å². The predicted octanol–water partition coefficient (Wildman–Crippen LogP) is 13.9. The van der Waals surface area contributed by atoms with Gasteiger partial charge in [-0.2, -0.15) is 0 Å². The van der Waals surface area contributed by atoms with E-state index in [1.807, 2.05) is 11.3 Å². The van der Waals surface area contributed by atoms with Crippen molar-refractivity contribution >= 4 is 96.5 Å². The summed E-state index contributed by atoms with van der Waals surface area (Å²) in [4.78, 5) is 0. The maximum atomic E-state index is 6.53. The highest BCUT2D eigenvalue weighted by molar-refractivity contribution is 7.27. The second kappa shape index (κ2) is 9.78. The molecule has 11 aromatic rings. The highest BCUT2D eigenvalue weighted by Crippen LogP contribution is 2.47. The van der Waals surface area contributed by atoms with Crippen molar-refractivity contribution in [3.05, 3.63) is 158 Å². The van der Waals surface area contributed by atoms with Crippen LogP contribution in [0.4, 0.5) is 0 Å². The maximum absolute atomic E-state index is 6.53. The summed E-state index contributed by atoms with van der Waals surface area (Å²) in [5, 5.41) is 15.1. The van der Waals surface area contributed by atoms with Crippen molar-refractivity contribution in [2.24, 2.45) is 0 Å². The monoisotopic (exact) mass is 626 g/mol. The lowest BCUT2D eigenvalue weighted by Gasteiger charge is -2.18. The van der Waals surface area contributed by atoms with Gasteiger partial charge in [0.15, 0.2) is 0 Å². The smallest absolute Gasteiger partial charge is 0.136 e. The molecule has 0 radical (unpaired) electrons. The Hall–Kier alpha value is -5.96. The van der Waals surface area contributed by atoms with Crippen molar-refractivity contribution in [3.8, 4) is 22.3 Å². The molecule has 9 aromatic carbocycles. The average Bonchev–Trinajstić information content (AvgIpc) is 3.72. The Morgan fingerprint density at radius 3 is 1.65 bits per heavy atom. The molecule has 0 bridgehead atoms. The number of thiophene rings is 1. The molecule has 0 saturated heterocycles. The zero-order chi connectivity index (χ0) is 31.3. The van der Waals surface area contributed by atoms with Gasteiger partial charge in [-0.1, -0.05) is 121 Å². The first kappa shape index (κ1) is 26.1. The van der Waals surface area contributed by atoms with Gasteiger partial charge in [-0.25, -0.2) is 0 Å². The summed E-state index contributed by atoms with van der Waals surface area (Å²) >= 11 is 1.87. The van der Waals surface area contributed by atoms with Gasteiger partial charge >= 0.3 is 0 Å². The third-order valence-electron chi connectivity index (χ3n) is 10.2. The fraction of sp³-hybridized carbons (Fsp3) is 0. The minimum absolute atomic E-state index is 0.921. The Bertz CT molecular complexity index is 3060. The van der Waals surface area contributed by atoms with Crippen molar-refractivity contribution in [3.63, 3.8) is 0 Å². The number of hydrogen-bond donors (Lipinski definition) is 0. The van der Waals surface area contributed by atoms with Crippen LogP contribution in [0.2, 0.25) is 0 Å². The van der Waals surface area contributed by atoms with Crippen molar-refractivity contribution < 1.29 is 4.42 Å². The molecule has 11 rings (SSSR count). The van der Waals surface area contributed by atoms with Crippen LogP contribution in [0.1, 0.15) is 0 Å². The molecule has 222 valence electrons. The Morgan fingerprint density at radius 1 is 0.354 bits per heavy atom. The molecule has 0 aliphatic carbocycles. The third-order valence-corrected chi connectivity index (χ3v) is 11.4. The maximum Gasteiger partial charge on any atom is 0.136 e. The van der Waals surface area contributed by atoms with Crippen molar-refractivity contribution in [1.29, 1.82) is 0 Å². The van der Waals surface area contributed by atoms with E-state index < -0.39 is 0 Å². The van der Waals surface area contributed by atoms with Crippen LogP contribution < -0.4 is 0 Å². The van der Waals surface area contributed by atoms with Crippen molar-refractivity contribution in [2.45, 2.75) is 0 Å².